The van der Waals surface area contributed by atoms with Crippen molar-refractivity contribution in [3.63, 3.8) is 0 Å². The van der Waals surface area contributed by atoms with Crippen LogP contribution in [0.1, 0.15) is 12.8 Å². The van der Waals surface area contributed by atoms with Crippen molar-refractivity contribution in [3.8, 4) is 0 Å². The summed E-state index contributed by atoms with van der Waals surface area (Å²) in [4.78, 5) is 0. The maximum Gasteiger partial charge on any atom is 0.00432 e. The van der Waals surface area contributed by atoms with Gasteiger partial charge in [0.25, 0.3) is 0 Å². The van der Waals surface area contributed by atoms with Crippen molar-refractivity contribution >= 4 is 45.2 Å². The Morgan fingerprint density at radius 2 is 2.00 bits per heavy atom. The molecule has 0 saturated heterocycles. The van der Waals surface area contributed by atoms with Gasteiger partial charge in [-0.25, -0.2) is 0 Å². The number of hydrogen-bond acceptors (Lipinski definition) is 1. The molecule has 0 amide bonds. The number of hydrogen-bond donors (Lipinski definition) is 1. The van der Waals surface area contributed by atoms with E-state index in [0.29, 0.717) is 0 Å². The highest BCUT2D eigenvalue weighted by Crippen LogP contribution is 2.30. The minimum absolute atomic E-state index is 0.831. The molecule has 2 atom stereocenters. The van der Waals surface area contributed by atoms with Crippen molar-refractivity contribution in [2.75, 3.05) is 8.86 Å². The average Bonchev–Trinajstić information content (AvgIpc) is 2.04. The third-order valence-corrected chi connectivity index (χ3v) is 4.51. The number of nitrogens with two attached hydrogens (primary N) is 1. The summed E-state index contributed by atoms with van der Waals surface area (Å²) < 4.78 is 2.52. The lowest BCUT2D eigenvalue weighted by Gasteiger charge is -2.27. The summed E-state index contributed by atoms with van der Waals surface area (Å²) in [6.07, 6.45) is 4.52. The summed E-state index contributed by atoms with van der Waals surface area (Å²) in [5.41, 5.74) is 6.88. The smallest absolute Gasteiger partial charge is 0.00432 e. The first-order chi connectivity index (χ1) is 5.27. The summed E-state index contributed by atoms with van der Waals surface area (Å²) in [7, 11) is 0. The fourth-order valence-corrected chi connectivity index (χ4v) is 3.53. The van der Waals surface area contributed by atoms with Gasteiger partial charge in [0.05, 0.1) is 0 Å². The molecule has 0 aromatic rings. The molecule has 0 spiro atoms. The quantitative estimate of drug-likeness (QED) is 0.582. The highest BCUT2D eigenvalue weighted by Gasteiger charge is 2.22. The van der Waals surface area contributed by atoms with Crippen LogP contribution in [-0.2, 0) is 0 Å². The standard InChI is InChI=1S/C8H13I2N/c9-4-6-1-2-8(11)3-7(6)5-10/h2,6-7H,1,3-5,11H2. The van der Waals surface area contributed by atoms with Crippen molar-refractivity contribution < 1.29 is 0 Å². The predicted molar refractivity (Wildman–Crippen MR) is 66.3 cm³/mol. The van der Waals surface area contributed by atoms with Gasteiger partial charge >= 0.3 is 0 Å². The molecule has 0 saturated carbocycles. The van der Waals surface area contributed by atoms with E-state index in [-0.39, 0.29) is 0 Å². The van der Waals surface area contributed by atoms with Crippen LogP contribution in [0.2, 0.25) is 0 Å². The van der Waals surface area contributed by atoms with Gasteiger partial charge in [0.15, 0.2) is 0 Å². The molecule has 3 heteroatoms. The van der Waals surface area contributed by atoms with E-state index in [1.807, 2.05) is 0 Å². The fraction of sp³-hybridized carbons (Fsp3) is 0.750. The monoisotopic (exact) mass is 377 g/mol. The van der Waals surface area contributed by atoms with Gasteiger partial charge < -0.3 is 5.73 Å². The number of alkyl halides is 2. The van der Waals surface area contributed by atoms with Gasteiger partial charge in [-0.1, -0.05) is 51.3 Å². The van der Waals surface area contributed by atoms with E-state index in [1.165, 1.54) is 15.3 Å². The lowest BCUT2D eigenvalue weighted by molar-refractivity contribution is 0.390. The van der Waals surface area contributed by atoms with Crippen LogP contribution in [0.3, 0.4) is 0 Å². The molecule has 11 heavy (non-hydrogen) atoms. The summed E-state index contributed by atoms with van der Waals surface area (Å²) in [5, 5.41) is 0. The van der Waals surface area contributed by atoms with E-state index >= 15 is 0 Å². The van der Waals surface area contributed by atoms with Crippen molar-refractivity contribution in [2.24, 2.45) is 17.6 Å². The summed E-state index contributed by atoms with van der Waals surface area (Å²) in [6.45, 7) is 0. The SMILES string of the molecule is NC1=CCC(CI)C(CI)C1. The Labute approximate surface area is 95.5 Å². The van der Waals surface area contributed by atoms with Gasteiger partial charge in [0, 0.05) is 14.6 Å². The van der Waals surface area contributed by atoms with Crippen LogP contribution in [-0.4, -0.2) is 8.86 Å². The number of rotatable bonds is 2. The maximum absolute atomic E-state index is 5.77. The van der Waals surface area contributed by atoms with Crippen molar-refractivity contribution in [2.45, 2.75) is 12.8 Å². The Morgan fingerprint density at radius 1 is 1.36 bits per heavy atom. The molecule has 64 valence electrons. The first-order valence-electron chi connectivity index (χ1n) is 3.84. The maximum atomic E-state index is 5.77. The van der Waals surface area contributed by atoms with Crippen molar-refractivity contribution in [3.05, 3.63) is 11.8 Å². The first-order valence-corrected chi connectivity index (χ1v) is 6.89. The van der Waals surface area contributed by atoms with Gasteiger partial charge in [0.2, 0.25) is 0 Å². The Kier molecular flexibility index (Phi) is 4.48. The largest absolute Gasteiger partial charge is 0.402 e. The summed E-state index contributed by atoms with van der Waals surface area (Å²) in [6, 6.07) is 0. The summed E-state index contributed by atoms with van der Waals surface area (Å²) in [5.74, 6) is 1.71. The molecule has 1 aliphatic carbocycles. The molecule has 2 N–H and O–H groups in total. The molecule has 0 heterocycles. The topological polar surface area (TPSA) is 26.0 Å². The lowest BCUT2D eigenvalue weighted by atomic mass is 9.84. The van der Waals surface area contributed by atoms with Gasteiger partial charge in [-0.2, -0.15) is 0 Å². The summed E-state index contributed by atoms with van der Waals surface area (Å²) >= 11 is 4.95. The molecule has 1 rings (SSSR count). The molecule has 0 fully saturated rings. The second-order valence-corrected chi connectivity index (χ2v) is 4.81. The zero-order chi connectivity index (χ0) is 8.27. The fourth-order valence-electron chi connectivity index (χ4n) is 1.42. The van der Waals surface area contributed by atoms with E-state index in [0.717, 1.165) is 24.0 Å². The molecule has 0 aliphatic heterocycles. The Balaban J connectivity index is 2.55. The Hall–Kier alpha value is 1.00. The van der Waals surface area contributed by atoms with E-state index in [1.54, 1.807) is 0 Å². The normalized spacial score (nSPS) is 31.6. The second-order valence-electron chi connectivity index (χ2n) is 3.05. The van der Waals surface area contributed by atoms with Crippen LogP contribution in [0, 0.1) is 11.8 Å². The van der Waals surface area contributed by atoms with Crippen molar-refractivity contribution in [1.82, 2.24) is 0 Å². The van der Waals surface area contributed by atoms with Crippen LogP contribution in [0.4, 0.5) is 0 Å². The molecular weight excluding hydrogens is 364 g/mol. The molecule has 0 aromatic carbocycles. The number of allylic oxidation sites excluding steroid dienone is 2. The van der Waals surface area contributed by atoms with E-state index in [9.17, 15) is 0 Å². The molecule has 1 aliphatic rings. The van der Waals surface area contributed by atoms with Gasteiger partial charge in [-0.15, -0.1) is 0 Å². The second kappa shape index (κ2) is 4.89. The average molecular weight is 377 g/mol. The van der Waals surface area contributed by atoms with Crippen LogP contribution in [0.5, 0.6) is 0 Å². The minimum atomic E-state index is 0.831. The molecule has 1 nitrogen and oxygen atoms in total. The third-order valence-electron chi connectivity index (χ3n) is 2.24. The molecular formula is C8H13I2N. The van der Waals surface area contributed by atoms with Gasteiger partial charge in [-0.3, -0.25) is 0 Å². The molecule has 2 unspecified atom stereocenters. The number of halogens is 2. The van der Waals surface area contributed by atoms with E-state index in [2.05, 4.69) is 51.3 Å². The zero-order valence-corrected chi connectivity index (χ0v) is 10.7. The van der Waals surface area contributed by atoms with Crippen LogP contribution in [0.15, 0.2) is 11.8 Å². The van der Waals surface area contributed by atoms with Gasteiger partial charge in [0.1, 0.15) is 0 Å². The van der Waals surface area contributed by atoms with Gasteiger partial charge in [-0.05, 0) is 24.7 Å². The molecule has 0 radical (unpaired) electrons. The first kappa shape index (κ1) is 10.1. The molecule has 0 aromatic heterocycles. The minimum Gasteiger partial charge on any atom is -0.402 e. The van der Waals surface area contributed by atoms with Crippen molar-refractivity contribution in [1.29, 1.82) is 0 Å². The molecule has 0 bridgehead atoms. The lowest BCUT2D eigenvalue weighted by Crippen LogP contribution is -2.23. The third kappa shape index (κ3) is 2.75. The predicted octanol–water partition coefficient (Wildman–Crippen LogP) is 2.73. The Morgan fingerprint density at radius 3 is 2.55 bits per heavy atom. The highest BCUT2D eigenvalue weighted by atomic mass is 127. The Bertz CT molecular complexity index is 156. The van der Waals surface area contributed by atoms with Crippen LogP contribution >= 0.6 is 45.2 Å². The van der Waals surface area contributed by atoms with Crippen LogP contribution < -0.4 is 5.73 Å². The zero-order valence-electron chi connectivity index (χ0n) is 6.39. The van der Waals surface area contributed by atoms with E-state index in [4.69, 9.17) is 5.73 Å². The van der Waals surface area contributed by atoms with E-state index < -0.39 is 0 Å². The van der Waals surface area contributed by atoms with Crippen LogP contribution in [0.25, 0.3) is 0 Å². The highest BCUT2D eigenvalue weighted by molar-refractivity contribution is 14.1.